The lowest BCUT2D eigenvalue weighted by atomic mass is 10.1. The number of hydrogen-bond donors (Lipinski definition) is 0. The molecule has 1 aliphatic rings. The van der Waals surface area contributed by atoms with Crippen molar-refractivity contribution in [3.63, 3.8) is 0 Å². The molecule has 0 aliphatic carbocycles. The molecule has 1 saturated heterocycles. The molecule has 4 aromatic rings. The van der Waals surface area contributed by atoms with Gasteiger partial charge in [0.15, 0.2) is 6.61 Å². The SMILES string of the molecule is O=C(COc1ccc2ccccc2c1)N1CCN(Cc2nc(-c3ccc(Cl)cc3)cs2)CC1. The lowest BCUT2D eigenvalue weighted by molar-refractivity contribution is -0.135. The molecule has 7 heteroatoms. The molecule has 0 saturated carbocycles. The Kier molecular flexibility index (Phi) is 6.58. The highest BCUT2D eigenvalue weighted by molar-refractivity contribution is 7.09. The molecule has 0 N–H and O–H groups in total. The predicted molar refractivity (Wildman–Crippen MR) is 134 cm³/mol. The molecule has 1 amide bonds. The average Bonchev–Trinajstić information content (AvgIpc) is 3.31. The molecule has 0 unspecified atom stereocenters. The van der Waals surface area contributed by atoms with Gasteiger partial charge in [0, 0.05) is 42.1 Å². The van der Waals surface area contributed by atoms with Crippen LogP contribution in [-0.2, 0) is 11.3 Å². The number of nitrogens with zero attached hydrogens (tertiary/aromatic N) is 3. The summed E-state index contributed by atoms with van der Waals surface area (Å²) in [6.45, 7) is 3.93. The maximum Gasteiger partial charge on any atom is 0.260 e. The molecular formula is C26H24ClN3O2S. The Hall–Kier alpha value is -2.93. The highest BCUT2D eigenvalue weighted by Crippen LogP contribution is 2.25. The summed E-state index contributed by atoms with van der Waals surface area (Å²) in [6, 6.07) is 21.8. The number of halogens is 1. The van der Waals surface area contributed by atoms with E-state index in [0.29, 0.717) is 13.1 Å². The van der Waals surface area contributed by atoms with Gasteiger partial charge in [0.25, 0.3) is 5.91 Å². The van der Waals surface area contributed by atoms with Crippen molar-refractivity contribution in [2.45, 2.75) is 6.54 Å². The molecule has 0 bridgehead atoms. The van der Waals surface area contributed by atoms with Gasteiger partial charge in [0.1, 0.15) is 10.8 Å². The first-order valence-corrected chi connectivity index (χ1v) is 12.2. The zero-order valence-electron chi connectivity index (χ0n) is 18.1. The quantitative estimate of drug-likeness (QED) is 0.376. The minimum Gasteiger partial charge on any atom is -0.484 e. The van der Waals surface area contributed by atoms with Crippen LogP contribution < -0.4 is 4.74 Å². The van der Waals surface area contributed by atoms with E-state index in [2.05, 4.69) is 16.3 Å². The van der Waals surface area contributed by atoms with Crippen molar-refractivity contribution in [3.05, 3.63) is 82.1 Å². The van der Waals surface area contributed by atoms with Crippen LogP contribution >= 0.6 is 22.9 Å². The Morgan fingerprint density at radius 3 is 2.52 bits per heavy atom. The van der Waals surface area contributed by atoms with Gasteiger partial charge >= 0.3 is 0 Å². The zero-order chi connectivity index (χ0) is 22.6. The maximum absolute atomic E-state index is 12.6. The summed E-state index contributed by atoms with van der Waals surface area (Å²) in [4.78, 5) is 21.7. The number of ether oxygens (including phenoxy) is 1. The minimum absolute atomic E-state index is 0.0297. The molecule has 0 radical (unpaired) electrons. The molecule has 0 spiro atoms. The Morgan fingerprint density at radius 1 is 0.970 bits per heavy atom. The third-order valence-electron chi connectivity index (χ3n) is 5.86. The maximum atomic E-state index is 12.6. The van der Waals surface area contributed by atoms with E-state index in [4.69, 9.17) is 21.3 Å². The predicted octanol–water partition coefficient (Wildman–Crippen LogP) is 5.34. The number of carbonyl (C=O) groups is 1. The van der Waals surface area contributed by atoms with E-state index in [1.165, 1.54) is 0 Å². The van der Waals surface area contributed by atoms with E-state index in [1.807, 2.05) is 65.6 Å². The second-order valence-corrected chi connectivity index (χ2v) is 9.47. The topological polar surface area (TPSA) is 45.7 Å². The molecule has 0 atom stereocenters. The van der Waals surface area contributed by atoms with E-state index < -0.39 is 0 Å². The molecule has 1 fully saturated rings. The summed E-state index contributed by atoms with van der Waals surface area (Å²) in [5.74, 6) is 0.753. The Labute approximate surface area is 202 Å². The Balaban J connectivity index is 1.10. The van der Waals surface area contributed by atoms with Crippen LogP contribution in [0, 0.1) is 0 Å². The standard InChI is InChI=1S/C26H24ClN3O2S/c27-22-8-5-20(6-9-22)24-18-33-25(28-24)16-29-11-13-30(14-12-29)26(31)17-32-23-10-7-19-3-1-2-4-21(19)15-23/h1-10,15,18H,11-14,16-17H2. The fourth-order valence-electron chi connectivity index (χ4n) is 3.98. The van der Waals surface area contributed by atoms with Gasteiger partial charge in [-0.15, -0.1) is 11.3 Å². The van der Waals surface area contributed by atoms with Crippen LogP contribution in [0.2, 0.25) is 5.02 Å². The Morgan fingerprint density at radius 2 is 1.73 bits per heavy atom. The summed E-state index contributed by atoms with van der Waals surface area (Å²) in [6.07, 6.45) is 0. The fraction of sp³-hybridized carbons (Fsp3) is 0.231. The van der Waals surface area contributed by atoms with E-state index in [1.54, 1.807) is 11.3 Å². The molecule has 2 heterocycles. The number of aromatic nitrogens is 1. The van der Waals surface area contributed by atoms with Crippen molar-refractivity contribution in [1.82, 2.24) is 14.8 Å². The first-order valence-electron chi connectivity index (χ1n) is 11.0. The lowest BCUT2D eigenvalue weighted by Gasteiger charge is -2.34. The number of fused-ring (bicyclic) bond motifs is 1. The van der Waals surface area contributed by atoms with Crippen LogP contribution in [0.15, 0.2) is 72.1 Å². The molecule has 3 aromatic carbocycles. The lowest BCUT2D eigenvalue weighted by Crippen LogP contribution is -2.49. The highest BCUT2D eigenvalue weighted by Gasteiger charge is 2.22. The van der Waals surface area contributed by atoms with Crippen LogP contribution in [0.1, 0.15) is 5.01 Å². The van der Waals surface area contributed by atoms with Crippen LogP contribution in [0.4, 0.5) is 0 Å². The normalized spacial score (nSPS) is 14.5. The molecule has 5 rings (SSSR count). The van der Waals surface area contributed by atoms with Crippen LogP contribution in [-0.4, -0.2) is 53.5 Å². The van der Waals surface area contributed by atoms with Crippen molar-refractivity contribution in [2.24, 2.45) is 0 Å². The molecule has 33 heavy (non-hydrogen) atoms. The number of rotatable bonds is 6. The summed E-state index contributed by atoms with van der Waals surface area (Å²) in [5.41, 5.74) is 2.05. The van der Waals surface area contributed by atoms with Gasteiger partial charge in [-0.1, -0.05) is 54.1 Å². The number of benzene rings is 3. The fourth-order valence-corrected chi connectivity index (χ4v) is 4.95. The first kappa shape index (κ1) is 21.9. The molecular weight excluding hydrogens is 454 g/mol. The van der Waals surface area contributed by atoms with Crippen LogP contribution in [0.3, 0.4) is 0 Å². The molecule has 168 valence electrons. The van der Waals surface area contributed by atoms with Crippen LogP contribution in [0.25, 0.3) is 22.0 Å². The third-order valence-corrected chi connectivity index (χ3v) is 6.94. The summed E-state index contributed by atoms with van der Waals surface area (Å²) in [5, 5.41) is 6.16. The highest BCUT2D eigenvalue weighted by atomic mass is 35.5. The minimum atomic E-state index is 0.0297. The average molecular weight is 478 g/mol. The second kappa shape index (κ2) is 9.91. The van der Waals surface area contributed by atoms with Crippen molar-refractivity contribution < 1.29 is 9.53 Å². The van der Waals surface area contributed by atoms with Gasteiger partial charge in [-0.2, -0.15) is 0 Å². The summed E-state index contributed by atoms with van der Waals surface area (Å²) in [7, 11) is 0. The number of carbonyl (C=O) groups excluding carboxylic acids is 1. The molecule has 1 aliphatic heterocycles. The van der Waals surface area contributed by atoms with Gasteiger partial charge < -0.3 is 9.64 Å². The van der Waals surface area contributed by atoms with Crippen LogP contribution in [0.5, 0.6) is 5.75 Å². The van der Waals surface area contributed by atoms with Gasteiger partial charge in [-0.25, -0.2) is 4.98 Å². The van der Waals surface area contributed by atoms with Crippen molar-refractivity contribution >= 4 is 39.6 Å². The Bertz CT molecular complexity index is 1250. The number of amides is 1. The number of hydrogen-bond acceptors (Lipinski definition) is 5. The molecule has 5 nitrogen and oxygen atoms in total. The van der Waals surface area contributed by atoms with Crippen molar-refractivity contribution in [3.8, 4) is 17.0 Å². The number of thiazole rings is 1. The van der Waals surface area contributed by atoms with Gasteiger partial charge in [0.05, 0.1) is 12.2 Å². The van der Waals surface area contributed by atoms with E-state index in [-0.39, 0.29) is 12.5 Å². The third kappa shape index (κ3) is 5.36. The van der Waals surface area contributed by atoms with E-state index in [0.717, 1.165) is 57.4 Å². The number of piperazine rings is 1. The first-order chi connectivity index (χ1) is 16.1. The summed E-state index contributed by atoms with van der Waals surface area (Å²) >= 11 is 7.65. The van der Waals surface area contributed by atoms with Crippen molar-refractivity contribution in [2.75, 3.05) is 32.8 Å². The van der Waals surface area contributed by atoms with E-state index in [9.17, 15) is 4.79 Å². The van der Waals surface area contributed by atoms with E-state index >= 15 is 0 Å². The summed E-state index contributed by atoms with van der Waals surface area (Å²) < 4.78 is 5.78. The van der Waals surface area contributed by atoms with Gasteiger partial charge in [-0.05, 0) is 35.0 Å². The molecule has 1 aromatic heterocycles. The largest absolute Gasteiger partial charge is 0.484 e. The zero-order valence-corrected chi connectivity index (χ0v) is 19.7. The monoisotopic (exact) mass is 477 g/mol. The smallest absolute Gasteiger partial charge is 0.260 e. The van der Waals surface area contributed by atoms with Crippen molar-refractivity contribution in [1.29, 1.82) is 0 Å². The van der Waals surface area contributed by atoms with Gasteiger partial charge in [0.2, 0.25) is 0 Å². The van der Waals surface area contributed by atoms with Gasteiger partial charge in [-0.3, -0.25) is 9.69 Å². The second-order valence-electron chi connectivity index (χ2n) is 8.09.